The van der Waals surface area contributed by atoms with Gasteiger partial charge in [0.05, 0.1) is 0 Å². The monoisotopic (exact) mass is 270 g/mol. The molecule has 0 fully saturated rings. The molecule has 0 saturated carbocycles. The number of nitrogens with one attached hydrogen (secondary N) is 1. The van der Waals surface area contributed by atoms with E-state index in [4.69, 9.17) is 0 Å². The van der Waals surface area contributed by atoms with Crippen molar-refractivity contribution in [1.29, 1.82) is 0 Å². The summed E-state index contributed by atoms with van der Waals surface area (Å²) in [7, 11) is 0. The van der Waals surface area contributed by atoms with Crippen LogP contribution in [0, 0.1) is 0 Å². The van der Waals surface area contributed by atoms with Gasteiger partial charge in [0.2, 0.25) is 0 Å². The molecule has 2 atom stereocenters. The molecule has 1 aromatic carbocycles. The van der Waals surface area contributed by atoms with E-state index in [1.165, 1.54) is 11.1 Å². The van der Waals surface area contributed by atoms with Crippen LogP contribution in [0.2, 0.25) is 0 Å². The third kappa shape index (κ3) is 4.35. The number of phenolic OH excluding ortho intramolecular Hbond substituents is 1. The first-order chi connectivity index (χ1) is 9.65. The molecule has 2 N–H and O–H groups in total. The van der Waals surface area contributed by atoms with E-state index in [2.05, 4.69) is 24.1 Å². The molecule has 1 aromatic heterocycles. The van der Waals surface area contributed by atoms with Gasteiger partial charge in [0.25, 0.3) is 0 Å². The number of hydrogen-bond donors (Lipinski definition) is 2. The standard InChI is InChI=1S/C17H22N2O/c1-13(3-4-15-5-7-17(20)8-6-15)19-14(2)16-9-11-18-12-10-16/h5-14,19-20H,3-4H2,1-2H3/t13?,14-/m0/s1. The Labute approximate surface area is 120 Å². The number of aryl methyl sites for hydroxylation is 1. The fourth-order valence-corrected chi connectivity index (χ4v) is 2.30. The molecule has 0 aliphatic heterocycles. The Kier molecular flexibility index (Phi) is 5.13. The molecule has 0 aliphatic rings. The number of benzene rings is 1. The van der Waals surface area contributed by atoms with Gasteiger partial charge in [-0.25, -0.2) is 0 Å². The minimum atomic E-state index is 0.325. The molecule has 3 heteroatoms. The number of rotatable bonds is 6. The minimum absolute atomic E-state index is 0.325. The fourth-order valence-electron chi connectivity index (χ4n) is 2.30. The summed E-state index contributed by atoms with van der Waals surface area (Å²) in [6, 6.07) is 12.3. The summed E-state index contributed by atoms with van der Waals surface area (Å²) in [5, 5.41) is 12.9. The largest absolute Gasteiger partial charge is 0.508 e. The molecule has 0 amide bonds. The minimum Gasteiger partial charge on any atom is -0.508 e. The fraction of sp³-hybridized carbons (Fsp3) is 0.353. The molecule has 0 radical (unpaired) electrons. The summed E-state index contributed by atoms with van der Waals surface area (Å²) in [5.74, 6) is 0.325. The first-order valence-corrected chi connectivity index (χ1v) is 7.09. The number of hydrogen-bond acceptors (Lipinski definition) is 3. The van der Waals surface area contributed by atoms with Gasteiger partial charge < -0.3 is 10.4 Å². The molecule has 0 spiro atoms. The topological polar surface area (TPSA) is 45.1 Å². The van der Waals surface area contributed by atoms with Crippen LogP contribution in [0.3, 0.4) is 0 Å². The van der Waals surface area contributed by atoms with E-state index in [-0.39, 0.29) is 0 Å². The van der Waals surface area contributed by atoms with E-state index in [1.54, 1.807) is 12.1 Å². The van der Waals surface area contributed by atoms with Crippen LogP contribution in [0.15, 0.2) is 48.8 Å². The van der Waals surface area contributed by atoms with Crippen molar-refractivity contribution < 1.29 is 5.11 Å². The Bertz CT molecular complexity index is 510. The summed E-state index contributed by atoms with van der Waals surface area (Å²) in [6.07, 6.45) is 5.74. The Morgan fingerprint density at radius 2 is 1.70 bits per heavy atom. The third-order valence-electron chi connectivity index (χ3n) is 3.54. The zero-order valence-corrected chi connectivity index (χ0v) is 12.1. The Hall–Kier alpha value is -1.87. The molecular formula is C17H22N2O. The maximum atomic E-state index is 9.26. The van der Waals surface area contributed by atoms with Gasteiger partial charge in [-0.05, 0) is 62.1 Å². The molecule has 0 aliphatic carbocycles. The average Bonchev–Trinajstić information content (AvgIpc) is 2.47. The van der Waals surface area contributed by atoms with Gasteiger partial charge in [0.15, 0.2) is 0 Å². The van der Waals surface area contributed by atoms with Crippen molar-refractivity contribution in [1.82, 2.24) is 10.3 Å². The molecule has 0 saturated heterocycles. The van der Waals surface area contributed by atoms with E-state index in [0.29, 0.717) is 17.8 Å². The molecule has 2 rings (SSSR count). The van der Waals surface area contributed by atoms with E-state index in [1.807, 2.05) is 36.7 Å². The van der Waals surface area contributed by atoms with Crippen molar-refractivity contribution >= 4 is 0 Å². The lowest BCUT2D eigenvalue weighted by Gasteiger charge is -2.20. The van der Waals surface area contributed by atoms with Crippen LogP contribution in [0.1, 0.15) is 37.4 Å². The maximum absolute atomic E-state index is 9.26. The highest BCUT2D eigenvalue weighted by Gasteiger charge is 2.09. The van der Waals surface area contributed by atoms with Gasteiger partial charge in [-0.3, -0.25) is 4.98 Å². The molecule has 3 nitrogen and oxygen atoms in total. The number of aromatic nitrogens is 1. The Morgan fingerprint density at radius 3 is 2.35 bits per heavy atom. The van der Waals surface area contributed by atoms with Crippen LogP contribution in [-0.2, 0) is 6.42 Å². The van der Waals surface area contributed by atoms with Crippen molar-refractivity contribution in [2.75, 3.05) is 0 Å². The second-order valence-electron chi connectivity index (χ2n) is 5.28. The van der Waals surface area contributed by atoms with Crippen LogP contribution in [-0.4, -0.2) is 16.1 Å². The number of phenols is 1. The zero-order valence-electron chi connectivity index (χ0n) is 12.1. The first kappa shape index (κ1) is 14.5. The van der Waals surface area contributed by atoms with Crippen molar-refractivity contribution in [3.8, 4) is 5.75 Å². The SMILES string of the molecule is CC(CCc1ccc(O)cc1)N[C@@H](C)c1ccncc1. The summed E-state index contributed by atoms with van der Waals surface area (Å²) in [6.45, 7) is 4.38. The van der Waals surface area contributed by atoms with Crippen LogP contribution in [0.5, 0.6) is 5.75 Å². The second kappa shape index (κ2) is 7.06. The van der Waals surface area contributed by atoms with Crippen molar-refractivity contribution in [2.24, 2.45) is 0 Å². The normalized spacial score (nSPS) is 13.9. The van der Waals surface area contributed by atoms with Gasteiger partial charge >= 0.3 is 0 Å². The van der Waals surface area contributed by atoms with E-state index in [0.717, 1.165) is 12.8 Å². The van der Waals surface area contributed by atoms with Crippen LogP contribution in [0.4, 0.5) is 0 Å². The van der Waals surface area contributed by atoms with E-state index >= 15 is 0 Å². The van der Waals surface area contributed by atoms with Crippen molar-refractivity contribution in [3.63, 3.8) is 0 Å². The summed E-state index contributed by atoms with van der Waals surface area (Å²) >= 11 is 0. The summed E-state index contributed by atoms with van der Waals surface area (Å²) in [5.41, 5.74) is 2.52. The first-order valence-electron chi connectivity index (χ1n) is 7.09. The number of nitrogens with zero attached hydrogens (tertiary/aromatic N) is 1. The highest BCUT2D eigenvalue weighted by Crippen LogP contribution is 2.15. The summed E-state index contributed by atoms with van der Waals surface area (Å²) < 4.78 is 0. The van der Waals surface area contributed by atoms with Gasteiger partial charge in [-0.2, -0.15) is 0 Å². The van der Waals surface area contributed by atoms with Crippen LogP contribution < -0.4 is 5.32 Å². The number of pyridine rings is 1. The lowest BCUT2D eigenvalue weighted by atomic mass is 10.0. The third-order valence-corrected chi connectivity index (χ3v) is 3.54. The van der Waals surface area contributed by atoms with E-state index in [9.17, 15) is 5.11 Å². The molecule has 0 bridgehead atoms. The second-order valence-corrected chi connectivity index (χ2v) is 5.28. The predicted octanol–water partition coefficient (Wildman–Crippen LogP) is 3.46. The number of aromatic hydroxyl groups is 1. The van der Waals surface area contributed by atoms with Crippen LogP contribution in [0.25, 0.3) is 0 Å². The van der Waals surface area contributed by atoms with Gasteiger partial charge in [0.1, 0.15) is 5.75 Å². The smallest absolute Gasteiger partial charge is 0.115 e. The molecule has 2 aromatic rings. The molecule has 106 valence electrons. The Balaban J connectivity index is 1.80. The van der Waals surface area contributed by atoms with Gasteiger partial charge in [-0.1, -0.05) is 12.1 Å². The highest BCUT2D eigenvalue weighted by molar-refractivity contribution is 5.26. The quantitative estimate of drug-likeness (QED) is 0.845. The highest BCUT2D eigenvalue weighted by atomic mass is 16.3. The lowest BCUT2D eigenvalue weighted by molar-refractivity contribution is 0.455. The lowest BCUT2D eigenvalue weighted by Crippen LogP contribution is -2.29. The van der Waals surface area contributed by atoms with Gasteiger partial charge in [-0.15, -0.1) is 0 Å². The molecule has 1 unspecified atom stereocenters. The van der Waals surface area contributed by atoms with Crippen molar-refractivity contribution in [2.45, 2.75) is 38.8 Å². The molecule has 1 heterocycles. The summed E-state index contributed by atoms with van der Waals surface area (Å²) in [4.78, 5) is 4.04. The van der Waals surface area contributed by atoms with Crippen molar-refractivity contribution in [3.05, 3.63) is 59.9 Å². The maximum Gasteiger partial charge on any atom is 0.115 e. The molecule has 20 heavy (non-hydrogen) atoms. The average molecular weight is 270 g/mol. The van der Waals surface area contributed by atoms with Gasteiger partial charge in [0, 0.05) is 24.5 Å². The van der Waals surface area contributed by atoms with E-state index < -0.39 is 0 Å². The predicted molar refractivity (Wildman–Crippen MR) is 81.7 cm³/mol. The van der Waals surface area contributed by atoms with Crippen LogP contribution >= 0.6 is 0 Å². The molecular weight excluding hydrogens is 248 g/mol. The Morgan fingerprint density at radius 1 is 1.05 bits per heavy atom. The zero-order chi connectivity index (χ0) is 14.4.